The molecule has 5 heterocycles. The van der Waals surface area contributed by atoms with Crippen LogP contribution >= 0.6 is 0 Å². The number of fused-ring (bicyclic) bond motifs is 3. The number of halogens is 2. The van der Waals surface area contributed by atoms with Gasteiger partial charge in [-0.05, 0) is 52.9 Å². The van der Waals surface area contributed by atoms with Crippen molar-refractivity contribution < 1.29 is 26.7 Å². The summed E-state index contributed by atoms with van der Waals surface area (Å²) < 4.78 is 60.6. The average molecular weight is 495 g/mol. The van der Waals surface area contributed by atoms with Crippen LogP contribution in [-0.4, -0.2) is 59.8 Å². The maximum Gasteiger partial charge on any atom is 0.429 e. The minimum atomic E-state index is -3.92. The lowest BCUT2D eigenvalue weighted by molar-refractivity contribution is -0.0951. The SMILES string of the molecule is CC(C)(C)OC(=O)N1[C@H]2CCC3=C4C(=NCN31)N1C(S(C)(=O)=O)=CC(F)=CC(F)=C1CCC[C@H]42. The molecule has 1 amide bonds. The first kappa shape index (κ1) is 23.1. The van der Waals surface area contributed by atoms with Crippen molar-refractivity contribution in [3.8, 4) is 0 Å². The second-order valence-electron chi connectivity index (χ2n) is 10.2. The highest BCUT2D eigenvalue weighted by molar-refractivity contribution is 7.94. The van der Waals surface area contributed by atoms with E-state index in [0.717, 1.165) is 36.1 Å². The molecule has 0 aromatic carbocycles. The Bertz CT molecular complexity index is 1230. The Morgan fingerprint density at radius 1 is 1.15 bits per heavy atom. The van der Waals surface area contributed by atoms with E-state index in [1.807, 2.05) is 20.8 Å². The molecule has 0 N–H and O–H groups in total. The summed E-state index contributed by atoms with van der Waals surface area (Å²) >= 11 is 0. The highest BCUT2D eigenvalue weighted by Gasteiger charge is 2.53. The van der Waals surface area contributed by atoms with E-state index >= 15 is 4.39 Å². The molecule has 6 aliphatic rings. The summed E-state index contributed by atoms with van der Waals surface area (Å²) in [6.07, 6.45) is 4.94. The van der Waals surface area contributed by atoms with Gasteiger partial charge < -0.3 is 4.74 Å². The number of rotatable bonds is 1. The van der Waals surface area contributed by atoms with Crippen LogP contribution in [0.5, 0.6) is 0 Å². The largest absolute Gasteiger partial charge is 0.442 e. The first-order chi connectivity index (χ1) is 15.9. The van der Waals surface area contributed by atoms with Crippen LogP contribution in [-0.2, 0) is 14.6 Å². The monoisotopic (exact) mass is 494 g/mol. The minimum Gasteiger partial charge on any atom is -0.442 e. The number of nitrogens with zero attached hydrogens (tertiary/aromatic N) is 4. The Morgan fingerprint density at radius 3 is 2.56 bits per heavy atom. The maximum absolute atomic E-state index is 15.1. The molecule has 0 unspecified atom stereocenters. The number of aliphatic imine (C=N–C) groups is 1. The molecule has 34 heavy (non-hydrogen) atoms. The van der Waals surface area contributed by atoms with Crippen LogP contribution in [0.15, 0.2) is 50.8 Å². The summed E-state index contributed by atoms with van der Waals surface area (Å²) in [5.41, 5.74) is 1.10. The normalized spacial score (nSPS) is 26.9. The lowest BCUT2D eigenvalue weighted by atomic mass is 9.74. The number of carbonyl (C=O) groups is 1. The highest BCUT2D eigenvalue weighted by Crippen LogP contribution is 2.50. The fraction of sp³-hybridized carbons (Fsp3) is 0.565. The first-order valence-corrected chi connectivity index (χ1v) is 13.3. The topological polar surface area (TPSA) is 82.5 Å². The number of hydrogen-bond acceptors (Lipinski definition) is 7. The number of amidine groups is 1. The zero-order chi connectivity index (χ0) is 24.6. The van der Waals surface area contributed by atoms with Crippen LogP contribution in [0.4, 0.5) is 13.6 Å². The maximum atomic E-state index is 15.1. The van der Waals surface area contributed by atoms with Crippen molar-refractivity contribution in [2.24, 2.45) is 10.9 Å². The van der Waals surface area contributed by atoms with Gasteiger partial charge in [-0.2, -0.15) is 0 Å². The van der Waals surface area contributed by atoms with E-state index in [1.165, 1.54) is 4.90 Å². The second-order valence-corrected chi connectivity index (χ2v) is 12.2. The van der Waals surface area contributed by atoms with Gasteiger partial charge in [-0.25, -0.2) is 32.0 Å². The molecule has 4 bridgehead atoms. The Labute approximate surface area is 197 Å². The Hall–Kier alpha value is -2.69. The summed E-state index contributed by atoms with van der Waals surface area (Å²) in [7, 11) is -3.92. The summed E-state index contributed by atoms with van der Waals surface area (Å²) in [6.45, 7) is 5.49. The van der Waals surface area contributed by atoms with Gasteiger partial charge in [0.1, 0.15) is 34.8 Å². The van der Waals surface area contributed by atoms with Crippen LogP contribution < -0.4 is 0 Å². The number of allylic oxidation sites excluding steroid dienone is 6. The quantitative estimate of drug-likeness (QED) is 0.541. The number of hydrogen-bond donors (Lipinski definition) is 0. The third-order valence-electron chi connectivity index (χ3n) is 6.70. The van der Waals surface area contributed by atoms with Crippen molar-refractivity contribution in [1.82, 2.24) is 14.9 Å². The molecular weight excluding hydrogens is 466 g/mol. The average Bonchev–Trinajstić information content (AvgIpc) is 2.81. The molecule has 0 radical (unpaired) electrons. The molecule has 0 aromatic rings. The molecule has 8 nitrogen and oxygen atoms in total. The first-order valence-electron chi connectivity index (χ1n) is 11.4. The molecule has 1 aliphatic carbocycles. The van der Waals surface area contributed by atoms with Crippen LogP contribution in [0, 0.1) is 5.92 Å². The fourth-order valence-electron chi connectivity index (χ4n) is 5.53. The van der Waals surface area contributed by atoms with Crippen molar-refractivity contribution in [3.05, 3.63) is 45.8 Å². The number of hydrazine groups is 1. The van der Waals surface area contributed by atoms with Gasteiger partial charge in [-0.15, -0.1) is 0 Å². The second kappa shape index (κ2) is 7.66. The molecule has 11 heteroatoms. The van der Waals surface area contributed by atoms with Crippen LogP contribution in [0.2, 0.25) is 0 Å². The Balaban J connectivity index is 1.65. The van der Waals surface area contributed by atoms with E-state index in [0.29, 0.717) is 25.1 Å². The molecule has 5 aliphatic heterocycles. The van der Waals surface area contributed by atoms with E-state index < -0.39 is 33.2 Å². The smallest absolute Gasteiger partial charge is 0.429 e. The van der Waals surface area contributed by atoms with E-state index in [2.05, 4.69) is 4.99 Å². The van der Waals surface area contributed by atoms with Gasteiger partial charge in [0.25, 0.3) is 0 Å². The molecule has 0 spiro atoms. The predicted octanol–water partition coefficient (Wildman–Crippen LogP) is 4.28. The Kier molecular flexibility index (Phi) is 5.20. The highest BCUT2D eigenvalue weighted by atomic mass is 32.2. The van der Waals surface area contributed by atoms with Crippen molar-refractivity contribution in [2.75, 3.05) is 12.9 Å². The van der Waals surface area contributed by atoms with Crippen molar-refractivity contribution in [3.63, 3.8) is 0 Å². The van der Waals surface area contributed by atoms with E-state index in [1.54, 1.807) is 10.0 Å². The van der Waals surface area contributed by atoms with Crippen molar-refractivity contribution in [1.29, 1.82) is 0 Å². The third-order valence-corrected chi connectivity index (χ3v) is 7.76. The molecular formula is C23H28F2N4O4S. The third kappa shape index (κ3) is 3.64. The predicted molar refractivity (Wildman–Crippen MR) is 122 cm³/mol. The van der Waals surface area contributed by atoms with E-state index in [9.17, 15) is 17.6 Å². The lowest BCUT2D eigenvalue weighted by Gasteiger charge is -2.56. The van der Waals surface area contributed by atoms with Gasteiger partial charge in [0, 0.05) is 35.6 Å². The van der Waals surface area contributed by atoms with E-state index in [4.69, 9.17) is 4.74 Å². The van der Waals surface area contributed by atoms with Crippen molar-refractivity contribution >= 4 is 21.8 Å². The van der Waals surface area contributed by atoms with E-state index in [-0.39, 0.29) is 35.8 Å². The summed E-state index contributed by atoms with van der Waals surface area (Å²) in [5.74, 6) is -1.56. The molecule has 184 valence electrons. The van der Waals surface area contributed by atoms with Gasteiger partial charge >= 0.3 is 6.09 Å². The van der Waals surface area contributed by atoms with Gasteiger partial charge in [0.2, 0.25) is 0 Å². The summed E-state index contributed by atoms with van der Waals surface area (Å²) in [5, 5.41) is 3.10. The van der Waals surface area contributed by atoms with Gasteiger partial charge in [0.05, 0.1) is 11.7 Å². The summed E-state index contributed by atoms with van der Waals surface area (Å²) in [4.78, 5) is 19.1. The van der Waals surface area contributed by atoms with Gasteiger partial charge in [0.15, 0.2) is 9.84 Å². The molecule has 2 atom stereocenters. The Morgan fingerprint density at radius 2 is 1.88 bits per heavy atom. The molecule has 0 saturated carbocycles. The fourth-order valence-corrected chi connectivity index (χ4v) is 6.38. The summed E-state index contributed by atoms with van der Waals surface area (Å²) in [6, 6.07) is -0.185. The van der Waals surface area contributed by atoms with Crippen LogP contribution in [0.1, 0.15) is 52.9 Å². The standard InChI is InChI=1S/C23H28F2N4O4S/c1-23(2,3)33-22(30)29-16-8-9-18-20-14(16)6-5-7-17-15(25)10-13(24)11-19(34(4,31)32)28(17)21(20)26-12-27(18)29/h10-11,14,16H,5-9,12H2,1-4H3/t14-,16-/m0/s1. The van der Waals surface area contributed by atoms with Crippen LogP contribution in [0.3, 0.4) is 0 Å². The molecule has 2 saturated heterocycles. The number of sulfone groups is 1. The van der Waals surface area contributed by atoms with Gasteiger partial charge in [-0.1, -0.05) is 0 Å². The number of ether oxygens (including phenoxy) is 1. The minimum absolute atomic E-state index is 0.0506. The zero-order valence-corrected chi connectivity index (χ0v) is 20.5. The molecule has 0 aromatic heterocycles. The number of amides is 1. The molecule has 6 rings (SSSR count). The van der Waals surface area contributed by atoms with Gasteiger partial charge in [-0.3, -0.25) is 9.91 Å². The van der Waals surface area contributed by atoms with Crippen molar-refractivity contribution in [2.45, 2.75) is 64.5 Å². The zero-order valence-electron chi connectivity index (χ0n) is 19.6. The lowest BCUT2D eigenvalue weighted by Crippen LogP contribution is -2.64. The van der Waals surface area contributed by atoms with Crippen LogP contribution in [0.25, 0.3) is 0 Å². The number of carbonyl (C=O) groups excluding carboxylic acids is 1. The molecule has 2 fully saturated rings.